The molecule has 0 saturated carbocycles. The highest BCUT2D eigenvalue weighted by Gasteiger charge is 2.47. The lowest BCUT2D eigenvalue weighted by atomic mass is 9.98. The standard InChI is InChI=1S/C30H30N2O6/c1-18(2)17-37-23-13-11-20(12-14-23)27(33)25-26(24-10-5-6-15-31-24)32(29(35)28(25)34)22-9-7-8-21(16-22)30(36)38-19(3)4/h5-16,18-19,26,33H,17H2,1-4H3/b27-25+. The van der Waals surface area contributed by atoms with Crippen molar-refractivity contribution in [1.82, 2.24) is 4.98 Å². The topological polar surface area (TPSA) is 106 Å². The van der Waals surface area contributed by atoms with E-state index in [0.717, 1.165) is 0 Å². The number of anilines is 1. The molecule has 1 fully saturated rings. The van der Waals surface area contributed by atoms with Crippen LogP contribution in [0.15, 0.2) is 78.5 Å². The summed E-state index contributed by atoms with van der Waals surface area (Å²) in [5.41, 5.74) is 1.18. The molecule has 0 bridgehead atoms. The molecular weight excluding hydrogens is 484 g/mol. The lowest BCUT2D eigenvalue weighted by Crippen LogP contribution is -2.30. The van der Waals surface area contributed by atoms with Gasteiger partial charge in [-0.1, -0.05) is 26.0 Å². The number of amides is 1. The molecule has 2 aromatic carbocycles. The summed E-state index contributed by atoms with van der Waals surface area (Å²) in [7, 11) is 0. The van der Waals surface area contributed by atoms with Gasteiger partial charge in [-0.2, -0.15) is 0 Å². The second-order valence-corrected chi connectivity index (χ2v) is 9.66. The smallest absolute Gasteiger partial charge is 0.338 e. The third-order valence-electron chi connectivity index (χ3n) is 5.83. The van der Waals surface area contributed by atoms with E-state index >= 15 is 0 Å². The molecule has 0 aliphatic carbocycles. The number of aliphatic hydroxyl groups is 1. The van der Waals surface area contributed by atoms with E-state index < -0.39 is 23.7 Å². The zero-order chi connectivity index (χ0) is 27.4. The van der Waals surface area contributed by atoms with Gasteiger partial charge in [-0.15, -0.1) is 0 Å². The van der Waals surface area contributed by atoms with Crippen LogP contribution in [0, 0.1) is 5.92 Å². The summed E-state index contributed by atoms with van der Waals surface area (Å²) in [6.45, 7) is 8.11. The minimum Gasteiger partial charge on any atom is -0.507 e. The van der Waals surface area contributed by atoms with E-state index in [2.05, 4.69) is 4.98 Å². The van der Waals surface area contributed by atoms with Gasteiger partial charge in [0.15, 0.2) is 0 Å². The van der Waals surface area contributed by atoms with Crippen molar-refractivity contribution in [3.8, 4) is 5.75 Å². The molecule has 8 heteroatoms. The summed E-state index contributed by atoms with van der Waals surface area (Å²) in [6.07, 6.45) is 1.23. The first-order valence-corrected chi connectivity index (χ1v) is 12.4. The zero-order valence-corrected chi connectivity index (χ0v) is 21.8. The van der Waals surface area contributed by atoms with E-state index in [4.69, 9.17) is 9.47 Å². The van der Waals surface area contributed by atoms with Gasteiger partial charge in [0.1, 0.15) is 17.6 Å². The number of Topliss-reactive ketones (excluding diaryl/α,β-unsaturated/α-hetero) is 1. The fourth-order valence-corrected chi connectivity index (χ4v) is 4.11. The monoisotopic (exact) mass is 514 g/mol. The Morgan fingerprint density at radius 1 is 0.974 bits per heavy atom. The molecule has 1 amide bonds. The van der Waals surface area contributed by atoms with E-state index in [-0.39, 0.29) is 23.0 Å². The van der Waals surface area contributed by atoms with Crippen LogP contribution in [0.1, 0.15) is 55.4 Å². The van der Waals surface area contributed by atoms with Crippen molar-refractivity contribution in [2.45, 2.75) is 39.8 Å². The Balaban J connectivity index is 1.79. The second kappa shape index (κ2) is 11.3. The third-order valence-corrected chi connectivity index (χ3v) is 5.83. The number of ether oxygens (including phenoxy) is 2. The maximum Gasteiger partial charge on any atom is 0.338 e. The molecule has 1 atom stereocenters. The van der Waals surface area contributed by atoms with Crippen LogP contribution in [0.25, 0.3) is 5.76 Å². The van der Waals surface area contributed by atoms with E-state index in [9.17, 15) is 19.5 Å². The van der Waals surface area contributed by atoms with Crippen LogP contribution in [-0.2, 0) is 14.3 Å². The lowest BCUT2D eigenvalue weighted by molar-refractivity contribution is -0.132. The zero-order valence-electron chi connectivity index (χ0n) is 21.8. The highest BCUT2D eigenvalue weighted by Crippen LogP contribution is 2.41. The van der Waals surface area contributed by atoms with E-state index in [1.165, 1.54) is 11.0 Å². The van der Waals surface area contributed by atoms with Gasteiger partial charge in [-0.25, -0.2) is 4.79 Å². The maximum absolute atomic E-state index is 13.4. The van der Waals surface area contributed by atoms with Crippen molar-refractivity contribution in [3.05, 3.63) is 95.3 Å². The molecule has 1 aliphatic heterocycles. The summed E-state index contributed by atoms with van der Waals surface area (Å²) in [5, 5.41) is 11.3. The average molecular weight is 515 g/mol. The molecule has 2 heterocycles. The number of hydrogen-bond acceptors (Lipinski definition) is 7. The van der Waals surface area contributed by atoms with Crippen LogP contribution in [0.2, 0.25) is 0 Å². The van der Waals surface area contributed by atoms with Crippen molar-refractivity contribution in [2.24, 2.45) is 5.92 Å². The summed E-state index contributed by atoms with van der Waals surface area (Å²) >= 11 is 0. The molecule has 1 aliphatic rings. The first-order chi connectivity index (χ1) is 18.2. The average Bonchev–Trinajstić information content (AvgIpc) is 3.17. The van der Waals surface area contributed by atoms with E-state index in [1.54, 1.807) is 80.7 Å². The maximum atomic E-state index is 13.4. The van der Waals surface area contributed by atoms with Gasteiger partial charge in [-0.05, 0) is 74.4 Å². The molecular formula is C30H30N2O6. The van der Waals surface area contributed by atoms with E-state index in [1.807, 2.05) is 13.8 Å². The summed E-state index contributed by atoms with van der Waals surface area (Å²) < 4.78 is 11.0. The number of rotatable bonds is 8. The van der Waals surface area contributed by atoms with Crippen LogP contribution in [-0.4, -0.2) is 40.5 Å². The fraction of sp³-hybridized carbons (Fsp3) is 0.267. The van der Waals surface area contributed by atoms with Crippen LogP contribution >= 0.6 is 0 Å². The molecule has 3 aromatic rings. The quantitative estimate of drug-likeness (QED) is 0.188. The normalized spacial score (nSPS) is 16.8. The number of hydrogen-bond donors (Lipinski definition) is 1. The number of aromatic nitrogens is 1. The molecule has 38 heavy (non-hydrogen) atoms. The molecule has 4 rings (SSSR count). The molecule has 8 nitrogen and oxygen atoms in total. The van der Waals surface area contributed by atoms with E-state index in [0.29, 0.717) is 35.2 Å². The van der Waals surface area contributed by atoms with Gasteiger partial charge in [0.2, 0.25) is 0 Å². The Labute approximate surface area is 221 Å². The van der Waals surface area contributed by atoms with Gasteiger partial charge in [0.05, 0.1) is 29.5 Å². The van der Waals surface area contributed by atoms with Crippen molar-refractivity contribution in [2.75, 3.05) is 11.5 Å². The van der Waals surface area contributed by atoms with Crippen LogP contribution in [0.5, 0.6) is 5.75 Å². The molecule has 1 saturated heterocycles. The Morgan fingerprint density at radius 2 is 1.71 bits per heavy atom. The Hall–Kier alpha value is -4.46. The molecule has 0 radical (unpaired) electrons. The van der Waals surface area contributed by atoms with Gasteiger partial charge >= 0.3 is 5.97 Å². The van der Waals surface area contributed by atoms with Crippen molar-refractivity contribution >= 4 is 29.1 Å². The molecule has 1 unspecified atom stereocenters. The number of esters is 1. The number of carbonyl (C=O) groups excluding carboxylic acids is 3. The summed E-state index contributed by atoms with van der Waals surface area (Å²) in [4.78, 5) is 44.9. The number of nitrogens with zero attached hydrogens (tertiary/aromatic N) is 2. The minimum absolute atomic E-state index is 0.0975. The summed E-state index contributed by atoms with van der Waals surface area (Å²) in [6, 6.07) is 17.1. The van der Waals surface area contributed by atoms with Crippen LogP contribution in [0.3, 0.4) is 0 Å². The summed E-state index contributed by atoms with van der Waals surface area (Å²) in [5.74, 6) is -1.59. The van der Waals surface area contributed by atoms with Gasteiger partial charge < -0.3 is 14.6 Å². The van der Waals surface area contributed by atoms with Gasteiger partial charge in [0, 0.05) is 17.4 Å². The minimum atomic E-state index is -1.01. The van der Waals surface area contributed by atoms with Crippen molar-refractivity contribution < 1.29 is 29.0 Å². The van der Waals surface area contributed by atoms with Crippen molar-refractivity contribution in [3.63, 3.8) is 0 Å². The number of carbonyl (C=O) groups is 3. The Morgan fingerprint density at radius 3 is 2.34 bits per heavy atom. The number of aliphatic hydroxyl groups excluding tert-OH is 1. The predicted molar refractivity (Wildman–Crippen MR) is 143 cm³/mol. The van der Waals surface area contributed by atoms with Crippen molar-refractivity contribution in [1.29, 1.82) is 0 Å². The second-order valence-electron chi connectivity index (χ2n) is 9.66. The Kier molecular flexibility index (Phi) is 7.90. The first kappa shape index (κ1) is 26.6. The van der Waals surface area contributed by atoms with Crippen LogP contribution in [0.4, 0.5) is 5.69 Å². The van der Waals surface area contributed by atoms with Gasteiger partial charge in [-0.3, -0.25) is 19.5 Å². The largest absolute Gasteiger partial charge is 0.507 e. The number of benzene rings is 2. The molecule has 1 N–H and O–H groups in total. The highest BCUT2D eigenvalue weighted by molar-refractivity contribution is 6.51. The fourth-order valence-electron chi connectivity index (χ4n) is 4.11. The number of ketones is 1. The third kappa shape index (κ3) is 5.59. The molecule has 1 aromatic heterocycles. The SMILES string of the molecule is CC(C)COc1ccc(/C(O)=C2\C(=O)C(=O)N(c3cccc(C(=O)OC(C)C)c3)C2c2ccccn2)cc1. The van der Waals surface area contributed by atoms with Crippen LogP contribution < -0.4 is 9.64 Å². The predicted octanol–water partition coefficient (Wildman–Crippen LogP) is 5.31. The molecule has 196 valence electrons. The van der Waals surface area contributed by atoms with Gasteiger partial charge in [0.25, 0.3) is 11.7 Å². The lowest BCUT2D eigenvalue weighted by Gasteiger charge is -2.25. The first-order valence-electron chi connectivity index (χ1n) is 12.4. The molecule has 0 spiro atoms. The number of pyridine rings is 1. The highest BCUT2D eigenvalue weighted by atomic mass is 16.5. The Bertz CT molecular complexity index is 1360.